The number of nitrogens with zero attached hydrogens (tertiary/aromatic N) is 3. The van der Waals surface area contributed by atoms with E-state index in [1.165, 1.54) is 18.2 Å². The number of ether oxygens (including phenoxy) is 1. The fraction of sp³-hybridized carbons (Fsp3) is 0.304. The molecule has 1 aromatic heterocycles. The Bertz CT molecular complexity index is 1070. The first-order chi connectivity index (χ1) is 14.9. The molecule has 8 heteroatoms. The normalized spacial score (nSPS) is 15.1. The standard InChI is InChI=1S/C23H24ClFN4O2/c1-28-10-8-18(9-11-28)31-21-7-6-17(13-19(21)22-20(24)14-26-29(22)2)27-23(30)15-4-3-5-16(25)12-15/h3-7,12-14,18H,8-11H2,1-2H3,(H,27,30). The summed E-state index contributed by atoms with van der Waals surface area (Å²) in [5.74, 6) is -0.175. The molecule has 2 aromatic carbocycles. The van der Waals surface area contributed by atoms with Gasteiger partial charge in [-0.25, -0.2) is 4.39 Å². The van der Waals surface area contributed by atoms with Crippen molar-refractivity contribution in [3.8, 4) is 17.0 Å². The number of aromatic nitrogens is 2. The Morgan fingerprint density at radius 2 is 1.97 bits per heavy atom. The first-order valence-electron chi connectivity index (χ1n) is 10.1. The molecular formula is C23H24ClFN4O2. The van der Waals surface area contributed by atoms with E-state index in [0.717, 1.165) is 31.5 Å². The average molecular weight is 443 g/mol. The van der Waals surface area contributed by atoms with Gasteiger partial charge in [0.15, 0.2) is 0 Å². The van der Waals surface area contributed by atoms with Gasteiger partial charge in [-0.3, -0.25) is 9.48 Å². The molecule has 1 aliphatic rings. The molecule has 0 atom stereocenters. The highest BCUT2D eigenvalue weighted by Gasteiger charge is 2.22. The summed E-state index contributed by atoms with van der Waals surface area (Å²) in [6, 6.07) is 11.0. The van der Waals surface area contributed by atoms with Gasteiger partial charge in [0.05, 0.1) is 16.9 Å². The molecule has 1 fully saturated rings. The molecule has 1 aliphatic heterocycles. The molecule has 2 heterocycles. The van der Waals surface area contributed by atoms with E-state index in [4.69, 9.17) is 16.3 Å². The number of likely N-dealkylation sites (tertiary alicyclic amines) is 1. The Morgan fingerprint density at radius 1 is 1.19 bits per heavy atom. The largest absolute Gasteiger partial charge is 0.490 e. The van der Waals surface area contributed by atoms with Crippen molar-refractivity contribution in [3.05, 3.63) is 65.1 Å². The van der Waals surface area contributed by atoms with Crippen LogP contribution in [0.4, 0.5) is 10.1 Å². The molecule has 0 spiro atoms. The van der Waals surface area contributed by atoms with E-state index in [-0.39, 0.29) is 11.7 Å². The van der Waals surface area contributed by atoms with Gasteiger partial charge in [0, 0.05) is 37.0 Å². The fourth-order valence-electron chi connectivity index (χ4n) is 3.72. The van der Waals surface area contributed by atoms with Crippen LogP contribution in [0.5, 0.6) is 5.75 Å². The van der Waals surface area contributed by atoms with E-state index in [1.54, 1.807) is 30.1 Å². The monoisotopic (exact) mass is 442 g/mol. The fourth-order valence-corrected chi connectivity index (χ4v) is 3.99. The highest BCUT2D eigenvalue weighted by atomic mass is 35.5. The number of benzene rings is 2. The lowest BCUT2D eigenvalue weighted by Gasteiger charge is -2.30. The highest BCUT2D eigenvalue weighted by molar-refractivity contribution is 6.33. The van der Waals surface area contributed by atoms with Crippen molar-refractivity contribution in [2.24, 2.45) is 7.05 Å². The van der Waals surface area contributed by atoms with Gasteiger partial charge in [-0.1, -0.05) is 17.7 Å². The Morgan fingerprint density at radius 3 is 2.65 bits per heavy atom. The summed E-state index contributed by atoms with van der Waals surface area (Å²) in [5, 5.41) is 7.54. The van der Waals surface area contributed by atoms with Crippen LogP contribution in [0.1, 0.15) is 23.2 Å². The van der Waals surface area contributed by atoms with E-state index in [9.17, 15) is 9.18 Å². The second-order valence-electron chi connectivity index (χ2n) is 7.76. The number of carbonyl (C=O) groups is 1. The summed E-state index contributed by atoms with van der Waals surface area (Å²) >= 11 is 6.41. The third-order valence-corrected chi connectivity index (χ3v) is 5.71. The number of hydrogen-bond acceptors (Lipinski definition) is 4. The molecule has 0 radical (unpaired) electrons. The number of rotatable bonds is 5. The van der Waals surface area contributed by atoms with Crippen LogP contribution in [-0.2, 0) is 7.05 Å². The third-order valence-electron chi connectivity index (χ3n) is 5.43. The number of piperidine rings is 1. The molecule has 0 bridgehead atoms. The van der Waals surface area contributed by atoms with Crippen molar-refractivity contribution in [1.29, 1.82) is 0 Å². The summed E-state index contributed by atoms with van der Waals surface area (Å²) in [6.45, 7) is 1.96. The predicted molar refractivity (Wildman–Crippen MR) is 119 cm³/mol. The van der Waals surface area contributed by atoms with Gasteiger partial charge in [-0.05, 0) is 56.3 Å². The van der Waals surface area contributed by atoms with E-state index in [2.05, 4.69) is 22.4 Å². The zero-order valence-electron chi connectivity index (χ0n) is 17.4. The average Bonchev–Trinajstić information content (AvgIpc) is 3.08. The van der Waals surface area contributed by atoms with E-state index in [0.29, 0.717) is 22.2 Å². The molecule has 0 saturated carbocycles. The summed E-state index contributed by atoms with van der Waals surface area (Å²) in [4.78, 5) is 14.9. The molecule has 162 valence electrons. The predicted octanol–water partition coefficient (Wildman–Crippen LogP) is 4.60. The van der Waals surface area contributed by atoms with Crippen LogP contribution in [0.2, 0.25) is 5.02 Å². The molecule has 6 nitrogen and oxygen atoms in total. The maximum absolute atomic E-state index is 13.5. The van der Waals surface area contributed by atoms with Crippen LogP contribution in [-0.4, -0.2) is 46.8 Å². The number of anilines is 1. The van der Waals surface area contributed by atoms with E-state index in [1.807, 2.05) is 12.1 Å². The lowest BCUT2D eigenvalue weighted by atomic mass is 10.1. The quantitative estimate of drug-likeness (QED) is 0.627. The maximum Gasteiger partial charge on any atom is 0.255 e. The van der Waals surface area contributed by atoms with Crippen molar-refractivity contribution in [3.63, 3.8) is 0 Å². The van der Waals surface area contributed by atoms with Crippen molar-refractivity contribution < 1.29 is 13.9 Å². The lowest BCUT2D eigenvalue weighted by molar-refractivity contribution is 0.102. The van der Waals surface area contributed by atoms with Gasteiger partial charge in [0.1, 0.15) is 17.7 Å². The topological polar surface area (TPSA) is 59.4 Å². The summed E-state index contributed by atoms with van der Waals surface area (Å²) in [5.41, 5.74) is 2.23. The summed E-state index contributed by atoms with van der Waals surface area (Å²) < 4.78 is 21.5. The molecule has 4 rings (SSSR count). The Labute approximate surface area is 185 Å². The van der Waals surface area contributed by atoms with E-state index >= 15 is 0 Å². The van der Waals surface area contributed by atoms with Crippen LogP contribution < -0.4 is 10.1 Å². The number of aryl methyl sites for hydroxylation is 1. The van der Waals surface area contributed by atoms with Gasteiger partial charge < -0.3 is 15.0 Å². The summed E-state index contributed by atoms with van der Waals surface area (Å²) in [6.07, 6.45) is 3.56. The van der Waals surface area contributed by atoms with Gasteiger partial charge in [0.2, 0.25) is 0 Å². The second kappa shape index (κ2) is 9.08. The number of amides is 1. The molecule has 1 amide bonds. The Hall–Kier alpha value is -2.90. The first kappa shape index (κ1) is 21.3. The molecular weight excluding hydrogens is 419 g/mol. The second-order valence-corrected chi connectivity index (χ2v) is 8.17. The van der Waals surface area contributed by atoms with E-state index < -0.39 is 11.7 Å². The zero-order valence-corrected chi connectivity index (χ0v) is 18.2. The maximum atomic E-state index is 13.5. The number of halogens is 2. The van der Waals surface area contributed by atoms with Gasteiger partial charge in [-0.2, -0.15) is 5.10 Å². The Balaban J connectivity index is 1.64. The van der Waals surface area contributed by atoms with Gasteiger partial charge in [0.25, 0.3) is 5.91 Å². The first-order valence-corrected chi connectivity index (χ1v) is 10.5. The van der Waals surface area contributed by atoms with Crippen LogP contribution in [0.25, 0.3) is 11.3 Å². The lowest BCUT2D eigenvalue weighted by Crippen LogP contribution is -2.35. The molecule has 31 heavy (non-hydrogen) atoms. The summed E-state index contributed by atoms with van der Waals surface area (Å²) in [7, 11) is 3.91. The van der Waals surface area contributed by atoms with Gasteiger partial charge >= 0.3 is 0 Å². The third kappa shape index (κ3) is 4.89. The molecule has 1 N–H and O–H groups in total. The molecule has 0 aliphatic carbocycles. The number of nitrogens with one attached hydrogen (secondary N) is 1. The van der Waals surface area contributed by atoms with Gasteiger partial charge in [-0.15, -0.1) is 0 Å². The van der Waals surface area contributed by atoms with Crippen LogP contribution in [0, 0.1) is 5.82 Å². The van der Waals surface area contributed by atoms with Crippen molar-refractivity contribution in [2.45, 2.75) is 18.9 Å². The van der Waals surface area contributed by atoms with Crippen LogP contribution in [0.3, 0.4) is 0 Å². The highest BCUT2D eigenvalue weighted by Crippen LogP contribution is 2.37. The zero-order chi connectivity index (χ0) is 22.0. The Kier molecular flexibility index (Phi) is 6.25. The molecule has 1 saturated heterocycles. The molecule has 3 aromatic rings. The van der Waals surface area contributed by atoms with Crippen molar-refractivity contribution >= 4 is 23.2 Å². The van der Waals surface area contributed by atoms with Crippen molar-refractivity contribution in [1.82, 2.24) is 14.7 Å². The number of hydrogen-bond donors (Lipinski definition) is 1. The minimum absolute atomic E-state index is 0.106. The minimum atomic E-state index is -0.461. The SMILES string of the molecule is CN1CCC(Oc2ccc(NC(=O)c3cccc(F)c3)cc2-c2c(Cl)cnn2C)CC1. The van der Waals surface area contributed by atoms with Crippen LogP contribution in [0.15, 0.2) is 48.7 Å². The molecule has 0 unspecified atom stereocenters. The number of carbonyl (C=O) groups excluding carboxylic acids is 1. The minimum Gasteiger partial charge on any atom is -0.490 e. The van der Waals surface area contributed by atoms with Crippen molar-refractivity contribution in [2.75, 3.05) is 25.5 Å². The smallest absolute Gasteiger partial charge is 0.255 e. The van der Waals surface area contributed by atoms with Crippen LogP contribution >= 0.6 is 11.6 Å².